The molecule has 2 aliphatic heterocycles. The molecule has 5 nitrogen and oxygen atoms in total. The Hall–Kier alpha value is -0.810. The van der Waals surface area contributed by atoms with E-state index < -0.39 is 0 Å². The molecule has 2 rings (SSSR count). The number of hydrogen-bond acceptors (Lipinski definition) is 3. The van der Waals surface area contributed by atoms with Gasteiger partial charge in [0, 0.05) is 31.8 Å². The highest BCUT2D eigenvalue weighted by molar-refractivity contribution is 5.75. The van der Waals surface area contributed by atoms with Gasteiger partial charge in [-0.15, -0.1) is 0 Å². The molecule has 122 valence electrons. The maximum absolute atomic E-state index is 12.2. The van der Waals surface area contributed by atoms with Gasteiger partial charge in [-0.05, 0) is 58.8 Å². The Bertz CT molecular complexity index is 355. The maximum atomic E-state index is 12.2. The normalized spacial score (nSPS) is 25.9. The summed E-state index contributed by atoms with van der Waals surface area (Å²) in [4.78, 5) is 14.1. The Kier molecular flexibility index (Phi) is 5.15. The fraction of sp³-hybridized carbons (Fsp3) is 0.938. The predicted molar refractivity (Wildman–Crippen MR) is 82.2 cm³/mol. The SMILES string of the molecule is CC(C)(C)NC(=O)N1CCC2(CC1)CC(CCO)CCO2. The third-order valence-electron chi connectivity index (χ3n) is 4.58. The van der Waals surface area contributed by atoms with Gasteiger partial charge >= 0.3 is 6.03 Å². The molecule has 0 aromatic carbocycles. The number of amides is 2. The molecule has 2 aliphatic rings. The van der Waals surface area contributed by atoms with Gasteiger partial charge in [-0.3, -0.25) is 0 Å². The Morgan fingerprint density at radius 1 is 1.38 bits per heavy atom. The van der Waals surface area contributed by atoms with Gasteiger partial charge in [0.2, 0.25) is 0 Å². The molecule has 1 atom stereocenters. The number of aliphatic hydroxyl groups excluding tert-OH is 1. The van der Waals surface area contributed by atoms with Gasteiger partial charge in [-0.1, -0.05) is 0 Å². The van der Waals surface area contributed by atoms with Crippen LogP contribution in [0.2, 0.25) is 0 Å². The summed E-state index contributed by atoms with van der Waals surface area (Å²) in [6.07, 6.45) is 4.77. The summed E-state index contributed by atoms with van der Waals surface area (Å²) in [6.45, 7) is 8.57. The first-order valence-corrected chi connectivity index (χ1v) is 8.15. The van der Waals surface area contributed by atoms with Crippen molar-refractivity contribution in [1.29, 1.82) is 0 Å². The van der Waals surface area contributed by atoms with Gasteiger partial charge in [0.05, 0.1) is 5.60 Å². The lowest BCUT2D eigenvalue weighted by atomic mass is 9.78. The molecular weight excluding hydrogens is 268 g/mol. The molecule has 0 aromatic rings. The molecule has 2 N–H and O–H groups in total. The van der Waals surface area contributed by atoms with Gasteiger partial charge in [0.15, 0.2) is 0 Å². The molecule has 1 spiro atoms. The number of ether oxygens (including phenoxy) is 1. The first-order valence-electron chi connectivity index (χ1n) is 8.15. The topological polar surface area (TPSA) is 61.8 Å². The zero-order valence-corrected chi connectivity index (χ0v) is 13.7. The lowest BCUT2D eigenvalue weighted by Gasteiger charge is -2.46. The quantitative estimate of drug-likeness (QED) is 0.821. The molecule has 0 saturated carbocycles. The highest BCUT2D eigenvalue weighted by Gasteiger charge is 2.41. The predicted octanol–water partition coefficient (Wildman–Crippen LogP) is 2.14. The summed E-state index contributed by atoms with van der Waals surface area (Å²) >= 11 is 0. The molecule has 2 amide bonds. The van der Waals surface area contributed by atoms with Crippen LogP contribution < -0.4 is 5.32 Å². The van der Waals surface area contributed by atoms with Crippen LogP contribution in [-0.4, -0.2) is 53.5 Å². The Morgan fingerprint density at radius 3 is 2.62 bits per heavy atom. The van der Waals surface area contributed by atoms with Crippen LogP contribution in [0.1, 0.15) is 52.9 Å². The first-order chi connectivity index (χ1) is 9.84. The van der Waals surface area contributed by atoms with E-state index >= 15 is 0 Å². The number of carbonyl (C=O) groups is 1. The number of hydrogen-bond donors (Lipinski definition) is 2. The number of likely N-dealkylation sites (tertiary alicyclic amines) is 1. The number of urea groups is 1. The molecule has 0 aliphatic carbocycles. The van der Waals surface area contributed by atoms with Crippen LogP contribution in [0.5, 0.6) is 0 Å². The smallest absolute Gasteiger partial charge is 0.317 e. The Labute approximate surface area is 128 Å². The van der Waals surface area contributed by atoms with Gasteiger partial charge in [0.25, 0.3) is 0 Å². The zero-order valence-electron chi connectivity index (χ0n) is 13.7. The van der Waals surface area contributed by atoms with E-state index in [1.807, 2.05) is 25.7 Å². The van der Waals surface area contributed by atoms with Crippen molar-refractivity contribution in [1.82, 2.24) is 10.2 Å². The van der Waals surface area contributed by atoms with Crippen LogP contribution in [0.15, 0.2) is 0 Å². The number of rotatable bonds is 2. The van der Waals surface area contributed by atoms with Gasteiger partial charge in [0.1, 0.15) is 0 Å². The number of nitrogens with one attached hydrogen (secondary N) is 1. The number of nitrogens with zero attached hydrogens (tertiary/aromatic N) is 1. The summed E-state index contributed by atoms with van der Waals surface area (Å²) < 4.78 is 6.07. The van der Waals surface area contributed by atoms with E-state index in [9.17, 15) is 4.79 Å². The van der Waals surface area contributed by atoms with Crippen LogP contribution in [0.3, 0.4) is 0 Å². The monoisotopic (exact) mass is 298 g/mol. The summed E-state index contributed by atoms with van der Waals surface area (Å²) in [5, 5.41) is 12.1. The van der Waals surface area contributed by atoms with Crippen LogP contribution in [0.25, 0.3) is 0 Å². The van der Waals surface area contributed by atoms with E-state index in [1.165, 1.54) is 0 Å². The number of aliphatic hydroxyl groups is 1. The molecule has 2 fully saturated rings. The highest BCUT2D eigenvalue weighted by atomic mass is 16.5. The second kappa shape index (κ2) is 6.53. The molecule has 2 saturated heterocycles. The lowest BCUT2D eigenvalue weighted by molar-refractivity contribution is -0.125. The van der Waals surface area contributed by atoms with Crippen molar-refractivity contribution >= 4 is 6.03 Å². The van der Waals surface area contributed by atoms with E-state index in [1.54, 1.807) is 0 Å². The fourth-order valence-corrected chi connectivity index (χ4v) is 3.42. The second-order valence-electron chi connectivity index (χ2n) is 7.57. The van der Waals surface area contributed by atoms with Crippen LogP contribution in [0.4, 0.5) is 4.79 Å². The summed E-state index contributed by atoms with van der Waals surface area (Å²) in [5.74, 6) is 0.568. The maximum Gasteiger partial charge on any atom is 0.317 e. The number of carbonyl (C=O) groups excluding carboxylic acids is 1. The fourth-order valence-electron chi connectivity index (χ4n) is 3.42. The third-order valence-corrected chi connectivity index (χ3v) is 4.58. The van der Waals surface area contributed by atoms with Crippen molar-refractivity contribution < 1.29 is 14.6 Å². The summed E-state index contributed by atoms with van der Waals surface area (Å²) in [5.41, 5.74) is -0.254. The van der Waals surface area contributed by atoms with Crippen molar-refractivity contribution in [3.8, 4) is 0 Å². The van der Waals surface area contributed by atoms with Crippen LogP contribution in [-0.2, 0) is 4.74 Å². The minimum atomic E-state index is -0.195. The van der Waals surface area contributed by atoms with Gasteiger partial charge in [-0.2, -0.15) is 0 Å². The van der Waals surface area contributed by atoms with E-state index in [4.69, 9.17) is 9.84 Å². The van der Waals surface area contributed by atoms with Gasteiger partial charge < -0.3 is 20.1 Å². The zero-order chi connectivity index (χ0) is 15.5. The van der Waals surface area contributed by atoms with Crippen molar-refractivity contribution in [2.45, 2.75) is 64.0 Å². The van der Waals surface area contributed by atoms with Gasteiger partial charge in [-0.25, -0.2) is 4.79 Å². The molecule has 2 heterocycles. The summed E-state index contributed by atoms with van der Waals surface area (Å²) in [6, 6.07) is 0.0278. The molecule has 5 heteroatoms. The molecule has 0 bridgehead atoms. The van der Waals surface area contributed by atoms with Crippen molar-refractivity contribution in [2.75, 3.05) is 26.3 Å². The van der Waals surface area contributed by atoms with E-state index in [-0.39, 0.29) is 23.8 Å². The molecule has 21 heavy (non-hydrogen) atoms. The molecule has 0 aromatic heterocycles. The minimum absolute atomic E-state index is 0.0278. The second-order valence-corrected chi connectivity index (χ2v) is 7.57. The van der Waals surface area contributed by atoms with Crippen molar-refractivity contribution in [2.24, 2.45) is 5.92 Å². The van der Waals surface area contributed by atoms with E-state index in [0.717, 1.165) is 51.8 Å². The average Bonchev–Trinajstić information content (AvgIpc) is 2.38. The van der Waals surface area contributed by atoms with E-state index in [0.29, 0.717) is 5.92 Å². The molecule has 0 radical (unpaired) electrons. The van der Waals surface area contributed by atoms with Crippen LogP contribution in [0, 0.1) is 5.92 Å². The average molecular weight is 298 g/mol. The standard InChI is InChI=1S/C16H30N2O3/c1-15(2,3)17-14(20)18-8-6-16(7-9-18)12-13(4-10-19)5-11-21-16/h13,19H,4-12H2,1-3H3,(H,17,20). The summed E-state index contributed by atoms with van der Waals surface area (Å²) in [7, 11) is 0. The minimum Gasteiger partial charge on any atom is -0.396 e. The van der Waals surface area contributed by atoms with Crippen molar-refractivity contribution in [3.05, 3.63) is 0 Å². The Morgan fingerprint density at radius 2 is 2.05 bits per heavy atom. The van der Waals surface area contributed by atoms with Crippen LogP contribution >= 0.6 is 0 Å². The van der Waals surface area contributed by atoms with E-state index in [2.05, 4.69) is 5.32 Å². The Balaban J connectivity index is 1.86. The first kappa shape index (κ1) is 16.6. The molecular formula is C16H30N2O3. The highest BCUT2D eigenvalue weighted by Crippen LogP contribution is 2.38. The number of piperidine rings is 1. The lowest BCUT2D eigenvalue weighted by Crippen LogP contribution is -2.55. The largest absolute Gasteiger partial charge is 0.396 e. The van der Waals surface area contributed by atoms with Crippen molar-refractivity contribution in [3.63, 3.8) is 0 Å². The third kappa shape index (κ3) is 4.58. The molecule has 1 unspecified atom stereocenters.